The van der Waals surface area contributed by atoms with Gasteiger partial charge in [-0.2, -0.15) is 0 Å². The summed E-state index contributed by atoms with van der Waals surface area (Å²) in [5.74, 6) is -0.854. The summed E-state index contributed by atoms with van der Waals surface area (Å²) in [5.41, 5.74) is 0.399. The molecule has 1 aromatic heterocycles. The molecule has 0 aliphatic heterocycles. The Morgan fingerprint density at radius 1 is 1.31 bits per heavy atom. The standard InChI is InChI=1S/C9H6O2S.CH4/c10-9(11)7-5-12-8-4-2-1-3-6(7)8;/h1-5H,(H,10,11);1H4. The molecule has 0 atom stereocenters. The molecule has 0 saturated heterocycles. The molecule has 0 saturated carbocycles. The highest BCUT2D eigenvalue weighted by atomic mass is 32.1. The zero-order chi connectivity index (χ0) is 8.55. The van der Waals surface area contributed by atoms with Crippen molar-refractivity contribution in [2.24, 2.45) is 0 Å². The molecule has 0 spiro atoms. The SMILES string of the molecule is C.O=C(O)c1csc2ccccc12. The summed E-state index contributed by atoms with van der Waals surface area (Å²) in [6.45, 7) is 0. The summed E-state index contributed by atoms with van der Waals surface area (Å²) in [4.78, 5) is 10.7. The Kier molecular flexibility index (Phi) is 2.68. The van der Waals surface area contributed by atoms with Crippen LogP contribution in [-0.2, 0) is 0 Å². The third kappa shape index (κ3) is 1.55. The van der Waals surface area contributed by atoms with Gasteiger partial charge in [0.05, 0.1) is 5.56 Å². The Morgan fingerprint density at radius 3 is 2.69 bits per heavy atom. The van der Waals surface area contributed by atoms with E-state index in [0.29, 0.717) is 5.56 Å². The number of hydrogen-bond acceptors (Lipinski definition) is 2. The summed E-state index contributed by atoms with van der Waals surface area (Å²) in [5, 5.41) is 11.3. The first kappa shape index (κ1) is 9.74. The number of carbonyl (C=O) groups is 1. The average Bonchev–Trinajstić information content (AvgIpc) is 2.47. The van der Waals surface area contributed by atoms with Crippen LogP contribution in [0.2, 0.25) is 0 Å². The van der Waals surface area contributed by atoms with E-state index < -0.39 is 5.97 Å². The van der Waals surface area contributed by atoms with Crippen LogP contribution in [-0.4, -0.2) is 11.1 Å². The van der Waals surface area contributed by atoms with E-state index in [1.54, 1.807) is 5.38 Å². The first-order chi connectivity index (χ1) is 5.79. The molecule has 0 fully saturated rings. The third-order valence-corrected chi connectivity index (χ3v) is 2.67. The Balaban J connectivity index is 0.000000845. The van der Waals surface area contributed by atoms with Gasteiger partial charge < -0.3 is 5.11 Å². The minimum Gasteiger partial charge on any atom is -0.478 e. The number of carboxylic acid groups (broad SMARTS) is 1. The van der Waals surface area contributed by atoms with Crippen LogP contribution in [0.5, 0.6) is 0 Å². The Bertz CT molecular complexity index is 431. The van der Waals surface area contributed by atoms with Crippen molar-refractivity contribution in [2.45, 2.75) is 7.43 Å². The normalized spacial score (nSPS) is 9.54. The van der Waals surface area contributed by atoms with Crippen LogP contribution in [0.25, 0.3) is 10.1 Å². The average molecular weight is 194 g/mol. The highest BCUT2D eigenvalue weighted by Gasteiger charge is 2.08. The van der Waals surface area contributed by atoms with E-state index in [9.17, 15) is 4.79 Å². The predicted octanol–water partition coefficient (Wildman–Crippen LogP) is 3.24. The van der Waals surface area contributed by atoms with E-state index >= 15 is 0 Å². The number of carboxylic acids is 1. The molecule has 2 aromatic rings. The van der Waals surface area contributed by atoms with Gasteiger partial charge in [-0.05, 0) is 6.07 Å². The van der Waals surface area contributed by atoms with Gasteiger partial charge in [0.15, 0.2) is 0 Å². The number of rotatable bonds is 1. The molecule has 2 rings (SSSR count). The van der Waals surface area contributed by atoms with Crippen LogP contribution < -0.4 is 0 Å². The van der Waals surface area contributed by atoms with Gasteiger partial charge in [0.25, 0.3) is 0 Å². The number of aromatic carboxylic acids is 1. The second kappa shape index (κ2) is 3.58. The zero-order valence-corrected chi connectivity index (χ0v) is 6.97. The number of thiophene rings is 1. The van der Waals surface area contributed by atoms with Gasteiger partial charge in [0, 0.05) is 15.5 Å². The van der Waals surface area contributed by atoms with Gasteiger partial charge in [-0.3, -0.25) is 0 Å². The van der Waals surface area contributed by atoms with Gasteiger partial charge in [0.1, 0.15) is 0 Å². The molecule has 0 bridgehead atoms. The molecule has 1 N–H and O–H groups in total. The molecule has 13 heavy (non-hydrogen) atoms. The molecule has 68 valence electrons. The lowest BCUT2D eigenvalue weighted by molar-refractivity contribution is 0.0699. The van der Waals surface area contributed by atoms with Gasteiger partial charge in [-0.1, -0.05) is 25.6 Å². The first-order valence-electron chi connectivity index (χ1n) is 3.48. The second-order valence-electron chi connectivity index (χ2n) is 2.45. The van der Waals surface area contributed by atoms with E-state index in [-0.39, 0.29) is 7.43 Å². The van der Waals surface area contributed by atoms with Crippen LogP contribution in [0.4, 0.5) is 0 Å². The maximum Gasteiger partial charge on any atom is 0.337 e. The molecular weight excluding hydrogens is 184 g/mol. The van der Waals surface area contributed by atoms with E-state index in [1.165, 1.54) is 11.3 Å². The van der Waals surface area contributed by atoms with Crippen molar-refractivity contribution in [3.8, 4) is 0 Å². The van der Waals surface area contributed by atoms with E-state index in [1.807, 2.05) is 24.3 Å². The first-order valence-corrected chi connectivity index (χ1v) is 4.36. The Morgan fingerprint density at radius 2 is 2.00 bits per heavy atom. The minimum absolute atomic E-state index is 0. The molecular formula is C10H10O2S. The topological polar surface area (TPSA) is 37.3 Å². The highest BCUT2D eigenvalue weighted by Crippen LogP contribution is 2.25. The van der Waals surface area contributed by atoms with Crippen molar-refractivity contribution >= 4 is 27.4 Å². The van der Waals surface area contributed by atoms with Crippen molar-refractivity contribution in [2.75, 3.05) is 0 Å². The fourth-order valence-electron chi connectivity index (χ4n) is 1.14. The van der Waals surface area contributed by atoms with Gasteiger partial charge in [-0.15, -0.1) is 11.3 Å². The summed E-state index contributed by atoms with van der Waals surface area (Å²) in [6.07, 6.45) is 0. The zero-order valence-electron chi connectivity index (χ0n) is 6.15. The fraction of sp³-hybridized carbons (Fsp3) is 0.100. The molecule has 0 aliphatic carbocycles. The lowest BCUT2D eigenvalue weighted by atomic mass is 10.2. The smallest absolute Gasteiger partial charge is 0.337 e. The minimum atomic E-state index is -0.854. The monoisotopic (exact) mass is 194 g/mol. The molecule has 1 aromatic carbocycles. The molecule has 2 nitrogen and oxygen atoms in total. The molecule has 3 heteroatoms. The van der Waals surface area contributed by atoms with E-state index in [0.717, 1.165) is 10.1 Å². The van der Waals surface area contributed by atoms with Crippen molar-refractivity contribution in [3.63, 3.8) is 0 Å². The van der Waals surface area contributed by atoms with E-state index in [2.05, 4.69) is 0 Å². The summed E-state index contributed by atoms with van der Waals surface area (Å²) in [6, 6.07) is 7.51. The van der Waals surface area contributed by atoms with Crippen molar-refractivity contribution in [1.29, 1.82) is 0 Å². The number of fused-ring (bicyclic) bond motifs is 1. The molecule has 1 heterocycles. The Labute approximate surface area is 80.4 Å². The quantitative estimate of drug-likeness (QED) is 0.756. The summed E-state index contributed by atoms with van der Waals surface area (Å²) in [7, 11) is 0. The van der Waals surface area contributed by atoms with Gasteiger partial charge in [0.2, 0.25) is 0 Å². The molecule has 0 radical (unpaired) electrons. The lowest BCUT2D eigenvalue weighted by Crippen LogP contribution is -1.92. The van der Waals surface area contributed by atoms with Gasteiger partial charge in [-0.25, -0.2) is 4.79 Å². The maximum absolute atomic E-state index is 10.7. The molecule has 0 amide bonds. The second-order valence-corrected chi connectivity index (χ2v) is 3.36. The largest absolute Gasteiger partial charge is 0.478 e. The molecule has 0 unspecified atom stereocenters. The van der Waals surface area contributed by atoms with Crippen LogP contribution >= 0.6 is 11.3 Å². The third-order valence-electron chi connectivity index (χ3n) is 1.71. The highest BCUT2D eigenvalue weighted by molar-refractivity contribution is 7.17. The van der Waals surface area contributed by atoms with Crippen LogP contribution in [0.15, 0.2) is 29.6 Å². The predicted molar refractivity (Wildman–Crippen MR) is 55.5 cm³/mol. The van der Waals surface area contributed by atoms with Crippen LogP contribution in [0.1, 0.15) is 17.8 Å². The maximum atomic E-state index is 10.7. The van der Waals surface area contributed by atoms with Gasteiger partial charge >= 0.3 is 5.97 Å². The van der Waals surface area contributed by atoms with Crippen molar-refractivity contribution in [3.05, 3.63) is 35.2 Å². The van der Waals surface area contributed by atoms with Crippen molar-refractivity contribution in [1.82, 2.24) is 0 Å². The fourth-order valence-corrected chi connectivity index (χ4v) is 2.08. The summed E-state index contributed by atoms with van der Waals surface area (Å²) < 4.78 is 1.02. The Hall–Kier alpha value is -1.35. The number of hydrogen-bond donors (Lipinski definition) is 1. The van der Waals surface area contributed by atoms with E-state index in [4.69, 9.17) is 5.11 Å². The van der Waals surface area contributed by atoms with Crippen molar-refractivity contribution < 1.29 is 9.90 Å². The summed E-state index contributed by atoms with van der Waals surface area (Å²) >= 11 is 1.46. The van der Waals surface area contributed by atoms with Crippen LogP contribution in [0, 0.1) is 0 Å². The molecule has 0 aliphatic rings. The lowest BCUT2D eigenvalue weighted by Gasteiger charge is -1.89. The van der Waals surface area contributed by atoms with Crippen LogP contribution in [0.3, 0.4) is 0 Å². The number of benzene rings is 1.